The first-order chi connectivity index (χ1) is 8.39. The summed E-state index contributed by atoms with van der Waals surface area (Å²) in [6.45, 7) is 0.156. The SMILES string of the molecule is Cl.O=C1N[C@H](c2cccc(C(F)(F)F)c2Cl)CCO1. The van der Waals surface area contributed by atoms with Crippen LogP contribution in [0.3, 0.4) is 0 Å². The Morgan fingerprint density at radius 1 is 1.37 bits per heavy atom. The van der Waals surface area contributed by atoms with E-state index in [1.807, 2.05) is 0 Å². The summed E-state index contributed by atoms with van der Waals surface area (Å²) >= 11 is 5.76. The van der Waals surface area contributed by atoms with Crippen LogP contribution in [-0.4, -0.2) is 12.7 Å². The maximum Gasteiger partial charge on any atom is 0.417 e. The number of cyclic esters (lactones) is 1. The minimum Gasteiger partial charge on any atom is -0.449 e. The number of ether oxygens (including phenoxy) is 1. The molecule has 1 aromatic carbocycles. The molecule has 1 heterocycles. The van der Waals surface area contributed by atoms with E-state index >= 15 is 0 Å². The molecular formula is C11H10Cl2F3NO2. The Morgan fingerprint density at radius 3 is 2.63 bits per heavy atom. The summed E-state index contributed by atoms with van der Waals surface area (Å²) in [7, 11) is 0. The number of carbonyl (C=O) groups is 1. The van der Waals surface area contributed by atoms with Crippen molar-refractivity contribution in [3.63, 3.8) is 0 Å². The number of nitrogens with one attached hydrogen (secondary N) is 1. The van der Waals surface area contributed by atoms with Crippen LogP contribution in [0.1, 0.15) is 23.6 Å². The smallest absolute Gasteiger partial charge is 0.417 e. The van der Waals surface area contributed by atoms with Crippen LogP contribution in [0.2, 0.25) is 5.02 Å². The van der Waals surface area contributed by atoms with Crippen LogP contribution < -0.4 is 5.32 Å². The maximum atomic E-state index is 12.7. The van der Waals surface area contributed by atoms with Gasteiger partial charge < -0.3 is 10.1 Å². The standard InChI is InChI=1S/C11H9ClF3NO2.ClH/c12-9-6(8-4-5-18-10(17)16-8)2-1-3-7(9)11(13,14)15;/h1-3,8H,4-5H2,(H,16,17);1H/t8-;/m0./s1. The van der Waals surface area contributed by atoms with E-state index < -0.39 is 23.9 Å². The summed E-state index contributed by atoms with van der Waals surface area (Å²) in [4.78, 5) is 11.0. The zero-order valence-corrected chi connectivity index (χ0v) is 11.0. The molecule has 1 saturated heterocycles. The van der Waals surface area contributed by atoms with Gasteiger partial charge in [-0.15, -0.1) is 12.4 Å². The highest BCUT2D eigenvalue weighted by Crippen LogP contribution is 2.38. The van der Waals surface area contributed by atoms with E-state index in [-0.39, 0.29) is 29.6 Å². The fraction of sp³-hybridized carbons (Fsp3) is 0.364. The lowest BCUT2D eigenvalue weighted by Gasteiger charge is -2.25. The highest BCUT2D eigenvalue weighted by atomic mass is 35.5. The monoisotopic (exact) mass is 315 g/mol. The van der Waals surface area contributed by atoms with E-state index in [0.717, 1.165) is 6.07 Å². The molecule has 0 aliphatic carbocycles. The Bertz CT molecular complexity index is 479. The quantitative estimate of drug-likeness (QED) is 0.852. The second-order valence-electron chi connectivity index (χ2n) is 3.83. The molecule has 19 heavy (non-hydrogen) atoms. The number of rotatable bonds is 1. The summed E-state index contributed by atoms with van der Waals surface area (Å²) in [6.07, 6.45) is -4.78. The lowest BCUT2D eigenvalue weighted by atomic mass is 10.0. The van der Waals surface area contributed by atoms with Crippen molar-refractivity contribution in [2.75, 3.05) is 6.61 Å². The number of alkyl carbamates (subject to hydrolysis) is 1. The first-order valence-electron chi connectivity index (χ1n) is 5.18. The van der Waals surface area contributed by atoms with Gasteiger partial charge in [0.25, 0.3) is 0 Å². The van der Waals surface area contributed by atoms with Crippen LogP contribution in [0.25, 0.3) is 0 Å². The van der Waals surface area contributed by atoms with E-state index in [2.05, 4.69) is 10.1 Å². The van der Waals surface area contributed by atoms with Gasteiger partial charge in [0.2, 0.25) is 0 Å². The van der Waals surface area contributed by atoms with Gasteiger partial charge in [-0.05, 0) is 11.6 Å². The third kappa shape index (κ3) is 3.45. The van der Waals surface area contributed by atoms with Gasteiger partial charge in [-0.2, -0.15) is 13.2 Å². The van der Waals surface area contributed by atoms with Crippen molar-refractivity contribution in [1.29, 1.82) is 0 Å². The van der Waals surface area contributed by atoms with Gasteiger partial charge in [0.15, 0.2) is 0 Å². The molecular weight excluding hydrogens is 306 g/mol. The molecule has 2 rings (SSSR count). The van der Waals surface area contributed by atoms with Crippen molar-refractivity contribution >= 4 is 30.1 Å². The Kier molecular flexibility index (Phi) is 4.92. The third-order valence-electron chi connectivity index (χ3n) is 2.64. The topological polar surface area (TPSA) is 38.3 Å². The van der Waals surface area contributed by atoms with Gasteiger partial charge in [0, 0.05) is 6.42 Å². The maximum absolute atomic E-state index is 12.7. The molecule has 1 aromatic rings. The van der Waals surface area contributed by atoms with Gasteiger partial charge in [0.1, 0.15) is 0 Å². The number of hydrogen-bond donors (Lipinski definition) is 1. The molecule has 1 aliphatic heterocycles. The van der Waals surface area contributed by atoms with Crippen molar-refractivity contribution < 1.29 is 22.7 Å². The lowest BCUT2D eigenvalue weighted by Crippen LogP contribution is -2.35. The van der Waals surface area contributed by atoms with Crippen LogP contribution >= 0.6 is 24.0 Å². The molecule has 0 spiro atoms. The summed E-state index contributed by atoms with van der Waals surface area (Å²) < 4.78 is 42.7. The van der Waals surface area contributed by atoms with Gasteiger partial charge in [0.05, 0.1) is 23.2 Å². The second-order valence-corrected chi connectivity index (χ2v) is 4.21. The van der Waals surface area contributed by atoms with Crippen molar-refractivity contribution in [2.24, 2.45) is 0 Å². The summed E-state index contributed by atoms with van der Waals surface area (Å²) in [5.41, 5.74) is -0.648. The van der Waals surface area contributed by atoms with Crippen molar-refractivity contribution in [2.45, 2.75) is 18.6 Å². The molecule has 0 saturated carbocycles. The van der Waals surface area contributed by atoms with E-state index in [4.69, 9.17) is 11.6 Å². The molecule has 0 bridgehead atoms. The number of carbonyl (C=O) groups excluding carboxylic acids is 1. The van der Waals surface area contributed by atoms with E-state index in [9.17, 15) is 18.0 Å². The first-order valence-corrected chi connectivity index (χ1v) is 5.56. The largest absolute Gasteiger partial charge is 0.449 e. The zero-order chi connectivity index (χ0) is 13.3. The van der Waals surface area contributed by atoms with Crippen molar-refractivity contribution in [3.05, 3.63) is 34.3 Å². The Balaban J connectivity index is 0.00000180. The lowest BCUT2D eigenvalue weighted by molar-refractivity contribution is -0.137. The van der Waals surface area contributed by atoms with E-state index in [1.165, 1.54) is 12.1 Å². The molecule has 106 valence electrons. The van der Waals surface area contributed by atoms with Gasteiger partial charge in [-0.25, -0.2) is 4.79 Å². The van der Waals surface area contributed by atoms with Crippen LogP contribution in [0.5, 0.6) is 0 Å². The minimum absolute atomic E-state index is 0. The third-order valence-corrected chi connectivity index (χ3v) is 3.06. The molecule has 0 unspecified atom stereocenters. The first kappa shape index (κ1) is 15.9. The van der Waals surface area contributed by atoms with Crippen LogP contribution in [-0.2, 0) is 10.9 Å². The fourth-order valence-corrected chi connectivity index (χ4v) is 2.16. The number of amides is 1. The predicted octanol–water partition coefficient (Wildman–Crippen LogP) is 3.95. The van der Waals surface area contributed by atoms with Crippen molar-refractivity contribution in [1.82, 2.24) is 5.32 Å². The molecule has 0 radical (unpaired) electrons. The van der Waals surface area contributed by atoms with Crippen LogP contribution in [0.4, 0.5) is 18.0 Å². The summed E-state index contributed by atoms with van der Waals surface area (Å²) in [5.74, 6) is 0. The highest BCUT2D eigenvalue weighted by molar-refractivity contribution is 6.32. The van der Waals surface area contributed by atoms with E-state index in [0.29, 0.717) is 6.42 Å². The molecule has 1 amide bonds. The normalized spacial score (nSPS) is 19.2. The molecule has 3 nitrogen and oxygen atoms in total. The van der Waals surface area contributed by atoms with Gasteiger partial charge in [-0.3, -0.25) is 0 Å². The molecule has 0 aromatic heterocycles. The molecule has 1 N–H and O–H groups in total. The Hall–Kier alpha value is -1.14. The summed E-state index contributed by atoms with van der Waals surface area (Å²) in [5, 5.41) is 2.06. The highest BCUT2D eigenvalue weighted by Gasteiger charge is 2.35. The van der Waals surface area contributed by atoms with Crippen LogP contribution in [0.15, 0.2) is 18.2 Å². The number of halogens is 5. The second kappa shape index (κ2) is 5.88. The van der Waals surface area contributed by atoms with Crippen molar-refractivity contribution in [3.8, 4) is 0 Å². The Labute approximate surface area is 118 Å². The average Bonchev–Trinajstić information content (AvgIpc) is 2.27. The molecule has 1 atom stereocenters. The number of benzene rings is 1. The predicted molar refractivity (Wildman–Crippen MR) is 65.5 cm³/mol. The summed E-state index contributed by atoms with van der Waals surface area (Å²) in [6, 6.07) is 3.09. The van der Waals surface area contributed by atoms with Gasteiger partial charge >= 0.3 is 12.3 Å². The van der Waals surface area contributed by atoms with Crippen LogP contribution in [0, 0.1) is 0 Å². The Morgan fingerprint density at radius 2 is 2.05 bits per heavy atom. The van der Waals surface area contributed by atoms with Gasteiger partial charge in [-0.1, -0.05) is 23.7 Å². The molecule has 8 heteroatoms. The minimum atomic E-state index is -4.51. The average molecular weight is 316 g/mol. The number of hydrogen-bond acceptors (Lipinski definition) is 2. The molecule has 1 fully saturated rings. The molecule has 1 aliphatic rings. The van der Waals surface area contributed by atoms with E-state index in [1.54, 1.807) is 0 Å². The zero-order valence-electron chi connectivity index (χ0n) is 9.46. The fourth-order valence-electron chi connectivity index (χ4n) is 1.80. The number of alkyl halides is 3.